The molecule has 0 aliphatic rings. The molecule has 36 heavy (non-hydrogen) atoms. The van der Waals surface area contributed by atoms with Crippen molar-refractivity contribution < 1.29 is 9.53 Å². The minimum atomic E-state index is -0.521. The Balaban J connectivity index is 1.44. The maximum absolute atomic E-state index is 12.0. The van der Waals surface area contributed by atoms with Crippen LogP contribution in [0, 0.1) is 6.92 Å². The van der Waals surface area contributed by atoms with Crippen LogP contribution in [0.15, 0.2) is 71.6 Å². The van der Waals surface area contributed by atoms with Crippen LogP contribution < -0.4 is 5.32 Å². The van der Waals surface area contributed by atoms with Crippen molar-refractivity contribution in [2.24, 2.45) is 0 Å². The molecule has 2 heterocycles. The number of amides is 1. The van der Waals surface area contributed by atoms with E-state index in [1.54, 1.807) is 6.33 Å². The maximum Gasteiger partial charge on any atom is 0.407 e. The quantitative estimate of drug-likeness (QED) is 0.267. The topological polar surface area (TPSA) is 68.5 Å². The van der Waals surface area contributed by atoms with Crippen molar-refractivity contribution in [2.75, 3.05) is 0 Å². The number of ether oxygens (including phenoxy) is 1. The van der Waals surface area contributed by atoms with Gasteiger partial charge in [-0.3, -0.25) is 0 Å². The van der Waals surface area contributed by atoms with E-state index in [0.717, 1.165) is 45.2 Å². The fraction of sp³-hybridized carbons (Fsp3) is 0.276. The molecule has 4 aromatic rings. The number of alkyl carbamates (subject to hydrolysis) is 1. The molecule has 1 amide bonds. The minimum absolute atomic E-state index is 0.406. The molecule has 2 aromatic heterocycles. The van der Waals surface area contributed by atoms with Crippen LogP contribution in [0.25, 0.3) is 22.9 Å². The predicted octanol–water partition coefficient (Wildman–Crippen LogP) is 7.14. The third kappa shape index (κ3) is 6.82. The molecule has 0 radical (unpaired) electrons. The molecule has 7 heteroatoms. The van der Waals surface area contributed by atoms with Crippen LogP contribution in [-0.4, -0.2) is 26.3 Å². The van der Waals surface area contributed by atoms with Gasteiger partial charge in [-0.1, -0.05) is 52.3 Å². The van der Waals surface area contributed by atoms with Gasteiger partial charge < -0.3 is 10.1 Å². The van der Waals surface area contributed by atoms with E-state index in [-0.39, 0.29) is 0 Å². The van der Waals surface area contributed by atoms with Crippen LogP contribution in [0.3, 0.4) is 0 Å². The van der Waals surface area contributed by atoms with Gasteiger partial charge in [0.05, 0.1) is 11.2 Å². The molecule has 0 atom stereocenters. The third-order valence-corrected chi connectivity index (χ3v) is 6.21. The van der Waals surface area contributed by atoms with Crippen LogP contribution in [0.5, 0.6) is 0 Å². The second-order valence-electron chi connectivity index (χ2n) is 9.78. The number of nitrogens with zero attached hydrogens (tertiary/aromatic N) is 3. The number of nitrogens with one attached hydrogen (secondary N) is 1. The lowest BCUT2D eigenvalue weighted by Crippen LogP contribution is -2.32. The van der Waals surface area contributed by atoms with Crippen molar-refractivity contribution in [3.8, 4) is 11.3 Å². The van der Waals surface area contributed by atoms with Gasteiger partial charge in [0.15, 0.2) is 0 Å². The summed E-state index contributed by atoms with van der Waals surface area (Å²) in [7, 11) is 0. The number of fused-ring (bicyclic) bond motifs is 1. The summed E-state index contributed by atoms with van der Waals surface area (Å²) in [6.45, 7) is 7.99. The summed E-state index contributed by atoms with van der Waals surface area (Å²) >= 11 is 3.47. The molecule has 0 aliphatic carbocycles. The fourth-order valence-electron chi connectivity index (χ4n) is 3.91. The molecule has 6 nitrogen and oxygen atoms in total. The van der Waals surface area contributed by atoms with Crippen molar-refractivity contribution in [3.63, 3.8) is 0 Å². The van der Waals surface area contributed by atoms with Gasteiger partial charge in [0.25, 0.3) is 0 Å². The van der Waals surface area contributed by atoms with Crippen molar-refractivity contribution in [2.45, 2.75) is 52.7 Å². The Labute approximate surface area is 220 Å². The second kappa shape index (κ2) is 11.1. The first kappa shape index (κ1) is 25.6. The second-order valence-corrected chi connectivity index (χ2v) is 10.7. The number of hydrogen-bond acceptors (Lipinski definition) is 4. The van der Waals surface area contributed by atoms with Gasteiger partial charge in [-0.05, 0) is 87.1 Å². The monoisotopic (exact) mass is 546 g/mol. The highest BCUT2D eigenvalue weighted by Crippen LogP contribution is 2.26. The van der Waals surface area contributed by atoms with Crippen molar-refractivity contribution in [3.05, 3.63) is 93.9 Å². The number of benzene rings is 2. The smallest absolute Gasteiger partial charge is 0.407 e. The molecular weight excluding hydrogens is 516 g/mol. The summed E-state index contributed by atoms with van der Waals surface area (Å²) in [5.74, 6) is 0. The minimum Gasteiger partial charge on any atom is -0.444 e. The number of aryl methyl sites for hydroxylation is 2. The fourth-order valence-corrected chi connectivity index (χ4v) is 4.17. The Morgan fingerprint density at radius 1 is 1.14 bits per heavy atom. The highest BCUT2D eigenvalue weighted by atomic mass is 79.9. The van der Waals surface area contributed by atoms with E-state index in [2.05, 4.69) is 73.9 Å². The van der Waals surface area contributed by atoms with E-state index in [0.29, 0.717) is 6.54 Å². The standard InChI is InChI=1S/C29H31BrN4O2/c1-20-15-23(11-12-24(20)17-31-28(35)36-29(2,3)4)27-26-16-22(18-34(26)33-19-32-27)8-6-5-7-21-9-13-25(30)14-10-21/h5,7,9-16,18-19H,6,8,17H2,1-4H3,(H,31,35)/b7-5+. The number of carbonyl (C=O) groups is 1. The molecule has 0 saturated heterocycles. The highest BCUT2D eigenvalue weighted by molar-refractivity contribution is 9.10. The first-order valence-corrected chi connectivity index (χ1v) is 12.8. The summed E-state index contributed by atoms with van der Waals surface area (Å²) in [4.78, 5) is 16.6. The normalized spacial score (nSPS) is 11.8. The van der Waals surface area contributed by atoms with Crippen LogP contribution in [-0.2, 0) is 17.7 Å². The lowest BCUT2D eigenvalue weighted by Gasteiger charge is -2.20. The van der Waals surface area contributed by atoms with Crippen LogP contribution in [0.4, 0.5) is 4.79 Å². The molecule has 0 bridgehead atoms. The largest absolute Gasteiger partial charge is 0.444 e. The number of hydrogen-bond donors (Lipinski definition) is 1. The van der Waals surface area contributed by atoms with Gasteiger partial charge in [0, 0.05) is 22.8 Å². The zero-order valence-corrected chi connectivity index (χ0v) is 22.7. The van der Waals surface area contributed by atoms with Gasteiger partial charge in [-0.2, -0.15) is 5.10 Å². The van der Waals surface area contributed by atoms with E-state index in [4.69, 9.17) is 4.74 Å². The van der Waals surface area contributed by atoms with Crippen LogP contribution in [0.2, 0.25) is 0 Å². The lowest BCUT2D eigenvalue weighted by atomic mass is 10.0. The lowest BCUT2D eigenvalue weighted by molar-refractivity contribution is 0.0523. The molecule has 0 aliphatic heterocycles. The van der Waals surface area contributed by atoms with Gasteiger partial charge >= 0.3 is 6.09 Å². The maximum atomic E-state index is 12.0. The SMILES string of the molecule is Cc1cc(-c2ncnn3cc(CC/C=C/c4ccc(Br)cc4)cc23)ccc1CNC(=O)OC(C)(C)C. The Morgan fingerprint density at radius 3 is 2.64 bits per heavy atom. The summed E-state index contributed by atoms with van der Waals surface area (Å²) in [6.07, 6.45) is 9.45. The zero-order chi connectivity index (χ0) is 25.7. The molecular formula is C29H31BrN4O2. The number of allylic oxidation sites excluding steroid dienone is 1. The van der Waals surface area contributed by atoms with Crippen molar-refractivity contribution in [1.82, 2.24) is 19.9 Å². The van der Waals surface area contributed by atoms with Crippen LogP contribution >= 0.6 is 15.9 Å². The van der Waals surface area contributed by atoms with Gasteiger partial charge in [0.2, 0.25) is 0 Å². The van der Waals surface area contributed by atoms with E-state index >= 15 is 0 Å². The van der Waals surface area contributed by atoms with Gasteiger partial charge in [-0.15, -0.1) is 0 Å². The Kier molecular flexibility index (Phi) is 7.89. The van der Waals surface area contributed by atoms with Crippen molar-refractivity contribution >= 4 is 33.6 Å². The molecule has 0 spiro atoms. The summed E-state index contributed by atoms with van der Waals surface area (Å²) in [5, 5.41) is 7.24. The van der Waals surface area contributed by atoms with E-state index in [1.807, 2.05) is 56.5 Å². The third-order valence-electron chi connectivity index (χ3n) is 5.68. The van der Waals surface area contributed by atoms with Crippen LogP contribution in [0.1, 0.15) is 49.4 Å². The molecule has 2 aromatic carbocycles. The van der Waals surface area contributed by atoms with Gasteiger partial charge in [-0.25, -0.2) is 14.3 Å². The van der Waals surface area contributed by atoms with E-state index < -0.39 is 11.7 Å². The summed E-state index contributed by atoms with van der Waals surface area (Å²) in [6, 6.07) is 16.6. The van der Waals surface area contributed by atoms with E-state index in [9.17, 15) is 4.79 Å². The molecule has 186 valence electrons. The molecule has 4 rings (SSSR count). The average molecular weight is 547 g/mol. The predicted molar refractivity (Wildman–Crippen MR) is 148 cm³/mol. The number of rotatable bonds is 7. The van der Waals surface area contributed by atoms with Crippen molar-refractivity contribution in [1.29, 1.82) is 0 Å². The summed E-state index contributed by atoms with van der Waals surface area (Å²) < 4.78 is 8.30. The first-order valence-electron chi connectivity index (χ1n) is 12.0. The Hall–Kier alpha value is -3.45. The number of aromatic nitrogens is 3. The number of halogens is 1. The van der Waals surface area contributed by atoms with Gasteiger partial charge in [0.1, 0.15) is 11.9 Å². The molecule has 0 fully saturated rings. The molecule has 0 saturated carbocycles. The Bertz CT molecular complexity index is 1380. The number of carbonyl (C=O) groups excluding carboxylic acids is 1. The molecule has 1 N–H and O–H groups in total. The molecule has 0 unspecified atom stereocenters. The van der Waals surface area contributed by atoms with E-state index in [1.165, 1.54) is 11.1 Å². The Morgan fingerprint density at radius 2 is 1.92 bits per heavy atom. The highest BCUT2D eigenvalue weighted by Gasteiger charge is 2.16. The average Bonchev–Trinajstić information content (AvgIpc) is 3.24. The first-order chi connectivity index (χ1) is 17.2. The zero-order valence-electron chi connectivity index (χ0n) is 21.1. The summed E-state index contributed by atoms with van der Waals surface area (Å²) in [5.41, 5.74) is 6.86.